The third-order valence-corrected chi connectivity index (χ3v) is 4.94. The number of nitrogens with zero attached hydrogens (tertiary/aromatic N) is 2. The van der Waals surface area contributed by atoms with Gasteiger partial charge in [0.2, 0.25) is 0 Å². The van der Waals surface area contributed by atoms with E-state index < -0.39 is 11.7 Å². The van der Waals surface area contributed by atoms with Crippen molar-refractivity contribution < 1.29 is 14.6 Å². The molecule has 0 radical (unpaired) electrons. The van der Waals surface area contributed by atoms with Crippen LogP contribution in [0.4, 0.5) is 0 Å². The van der Waals surface area contributed by atoms with Crippen molar-refractivity contribution >= 4 is 16.9 Å². The lowest BCUT2D eigenvalue weighted by Gasteiger charge is -2.42. The summed E-state index contributed by atoms with van der Waals surface area (Å²) < 4.78 is 5.98. The third-order valence-electron chi connectivity index (χ3n) is 4.94. The zero-order valence-electron chi connectivity index (χ0n) is 14.6. The van der Waals surface area contributed by atoms with Gasteiger partial charge in [0.1, 0.15) is 17.5 Å². The number of H-pyrrole nitrogens is 1. The van der Waals surface area contributed by atoms with E-state index in [1.54, 1.807) is 24.2 Å². The molecule has 1 amide bonds. The Morgan fingerprint density at radius 2 is 2.12 bits per heavy atom. The van der Waals surface area contributed by atoms with Crippen LogP contribution in [0.25, 0.3) is 11.0 Å². The van der Waals surface area contributed by atoms with Gasteiger partial charge in [0.15, 0.2) is 0 Å². The zero-order valence-corrected chi connectivity index (χ0v) is 14.6. The molecule has 0 unspecified atom stereocenters. The fraction of sp³-hybridized carbons (Fsp3) is 0.300. The van der Waals surface area contributed by atoms with E-state index in [1.165, 1.54) is 0 Å². The number of fused-ring (bicyclic) bond motifs is 1. The summed E-state index contributed by atoms with van der Waals surface area (Å²) in [7, 11) is 0. The van der Waals surface area contributed by atoms with E-state index in [1.807, 2.05) is 42.5 Å². The van der Waals surface area contributed by atoms with Crippen LogP contribution >= 0.6 is 0 Å². The monoisotopic (exact) mass is 351 g/mol. The number of hydrogen-bond donors (Lipinski definition) is 2. The number of benzene rings is 2. The summed E-state index contributed by atoms with van der Waals surface area (Å²) in [6.45, 7) is 2.59. The van der Waals surface area contributed by atoms with Crippen LogP contribution in [0.1, 0.15) is 23.7 Å². The van der Waals surface area contributed by atoms with Crippen LogP contribution in [0.3, 0.4) is 0 Å². The average Bonchev–Trinajstić information content (AvgIpc) is 3.11. The van der Waals surface area contributed by atoms with Crippen LogP contribution < -0.4 is 4.74 Å². The lowest BCUT2D eigenvalue weighted by atomic mass is 9.90. The zero-order chi connectivity index (χ0) is 18.1. The Morgan fingerprint density at radius 3 is 2.92 bits per heavy atom. The van der Waals surface area contributed by atoms with Gasteiger partial charge in [-0.3, -0.25) is 4.79 Å². The van der Waals surface area contributed by atoms with Crippen molar-refractivity contribution in [2.24, 2.45) is 0 Å². The molecule has 4 rings (SSSR count). The van der Waals surface area contributed by atoms with Gasteiger partial charge >= 0.3 is 0 Å². The molecule has 1 aromatic heterocycles. The molecule has 6 nitrogen and oxygen atoms in total. The summed E-state index contributed by atoms with van der Waals surface area (Å²) in [6, 6.07) is 14.8. The van der Waals surface area contributed by atoms with Crippen molar-refractivity contribution in [3.05, 3.63) is 60.4 Å². The topological polar surface area (TPSA) is 78.5 Å². The number of para-hydroxylation sites is 1. The van der Waals surface area contributed by atoms with E-state index in [2.05, 4.69) is 9.97 Å². The lowest BCUT2D eigenvalue weighted by molar-refractivity contribution is -0.0881. The van der Waals surface area contributed by atoms with Gasteiger partial charge < -0.3 is 19.7 Å². The Bertz CT molecular complexity index is 920. The van der Waals surface area contributed by atoms with Gasteiger partial charge in [-0.05, 0) is 43.7 Å². The molecule has 1 aliphatic rings. The second-order valence-electron chi connectivity index (χ2n) is 6.91. The molecular formula is C20H21N3O3. The smallest absolute Gasteiger partial charge is 0.254 e. The second-order valence-corrected chi connectivity index (χ2v) is 6.91. The fourth-order valence-electron chi connectivity index (χ4n) is 3.27. The highest BCUT2D eigenvalue weighted by Crippen LogP contribution is 2.27. The molecule has 2 atom stereocenters. The van der Waals surface area contributed by atoms with Crippen LogP contribution in [0, 0.1) is 0 Å². The van der Waals surface area contributed by atoms with Crippen LogP contribution in [0.15, 0.2) is 54.9 Å². The first-order valence-corrected chi connectivity index (χ1v) is 8.69. The maximum absolute atomic E-state index is 12.9. The number of ether oxygens (including phenoxy) is 1. The minimum Gasteiger partial charge on any atom is -0.486 e. The number of amides is 1. The van der Waals surface area contributed by atoms with Gasteiger partial charge in [-0.2, -0.15) is 0 Å². The molecule has 1 aliphatic heterocycles. The summed E-state index contributed by atoms with van der Waals surface area (Å²) in [5.74, 6) is 0.615. The molecule has 0 saturated carbocycles. The van der Waals surface area contributed by atoms with Crippen molar-refractivity contribution in [3.63, 3.8) is 0 Å². The molecule has 1 saturated heterocycles. The summed E-state index contributed by atoms with van der Waals surface area (Å²) >= 11 is 0. The number of aliphatic hydroxyl groups is 1. The van der Waals surface area contributed by atoms with E-state index in [4.69, 9.17) is 4.74 Å². The number of likely N-dealkylation sites (tertiary alicyclic amines) is 1. The highest BCUT2D eigenvalue weighted by atomic mass is 16.5. The second kappa shape index (κ2) is 6.46. The van der Waals surface area contributed by atoms with Crippen molar-refractivity contribution in [3.8, 4) is 5.75 Å². The SMILES string of the molecule is C[C@@]1(O)CCN(C(=O)c2ccc3nc[nH]c3c2)C[C@H]1Oc1ccccc1. The number of aromatic nitrogens is 2. The van der Waals surface area contributed by atoms with Gasteiger partial charge in [-0.1, -0.05) is 18.2 Å². The number of imidazole rings is 1. The van der Waals surface area contributed by atoms with E-state index in [0.29, 0.717) is 30.8 Å². The molecule has 0 spiro atoms. The van der Waals surface area contributed by atoms with Gasteiger partial charge in [0, 0.05) is 12.1 Å². The van der Waals surface area contributed by atoms with E-state index in [0.717, 1.165) is 11.0 Å². The van der Waals surface area contributed by atoms with E-state index >= 15 is 0 Å². The Balaban J connectivity index is 1.54. The van der Waals surface area contributed by atoms with Crippen molar-refractivity contribution in [2.45, 2.75) is 25.0 Å². The van der Waals surface area contributed by atoms with Crippen LogP contribution in [-0.4, -0.2) is 50.7 Å². The molecule has 1 fully saturated rings. The largest absolute Gasteiger partial charge is 0.486 e. The van der Waals surface area contributed by atoms with Crippen LogP contribution in [0.2, 0.25) is 0 Å². The maximum Gasteiger partial charge on any atom is 0.254 e. The standard InChI is InChI=1S/C20H21N3O3/c1-20(25)9-10-23(12-18(20)26-15-5-3-2-4-6-15)19(24)14-7-8-16-17(11-14)22-13-21-16/h2-8,11,13,18,25H,9-10,12H2,1H3,(H,21,22)/t18-,20-/m1/s1. The minimum absolute atomic E-state index is 0.0707. The Morgan fingerprint density at radius 1 is 1.31 bits per heavy atom. The van der Waals surface area contributed by atoms with Crippen LogP contribution in [-0.2, 0) is 0 Å². The molecule has 26 heavy (non-hydrogen) atoms. The first-order valence-electron chi connectivity index (χ1n) is 8.69. The predicted octanol–water partition coefficient (Wildman–Crippen LogP) is 2.61. The number of hydrogen-bond acceptors (Lipinski definition) is 4. The number of rotatable bonds is 3. The molecule has 0 bridgehead atoms. The molecule has 2 aromatic carbocycles. The number of nitrogens with one attached hydrogen (secondary N) is 1. The molecule has 2 heterocycles. The average molecular weight is 351 g/mol. The minimum atomic E-state index is -0.986. The van der Waals surface area contributed by atoms with Gasteiger partial charge in [-0.15, -0.1) is 0 Å². The molecule has 3 aromatic rings. The normalized spacial score (nSPS) is 23.2. The van der Waals surface area contributed by atoms with Gasteiger partial charge in [0.25, 0.3) is 5.91 Å². The first-order chi connectivity index (χ1) is 12.5. The Labute approximate surface area is 151 Å². The Kier molecular flexibility index (Phi) is 4.12. The van der Waals surface area contributed by atoms with Crippen molar-refractivity contribution in [1.29, 1.82) is 0 Å². The molecular weight excluding hydrogens is 330 g/mol. The Hall–Kier alpha value is -2.86. The number of carbonyl (C=O) groups excluding carboxylic acids is 1. The highest BCUT2D eigenvalue weighted by molar-refractivity contribution is 5.97. The van der Waals surface area contributed by atoms with E-state index in [-0.39, 0.29) is 5.91 Å². The molecule has 2 N–H and O–H groups in total. The van der Waals surface area contributed by atoms with Gasteiger partial charge in [0.05, 0.1) is 23.9 Å². The van der Waals surface area contributed by atoms with Gasteiger partial charge in [-0.25, -0.2) is 4.98 Å². The quantitative estimate of drug-likeness (QED) is 0.760. The summed E-state index contributed by atoms with van der Waals surface area (Å²) in [5, 5.41) is 10.7. The molecule has 134 valence electrons. The summed E-state index contributed by atoms with van der Waals surface area (Å²) in [6.07, 6.45) is 1.59. The maximum atomic E-state index is 12.9. The van der Waals surface area contributed by atoms with Crippen molar-refractivity contribution in [1.82, 2.24) is 14.9 Å². The number of carbonyl (C=O) groups is 1. The number of aromatic amines is 1. The highest BCUT2D eigenvalue weighted by Gasteiger charge is 2.41. The predicted molar refractivity (Wildman–Crippen MR) is 98.1 cm³/mol. The van der Waals surface area contributed by atoms with E-state index in [9.17, 15) is 9.90 Å². The third kappa shape index (κ3) is 3.15. The first kappa shape index (κ1) is 16.6. The summed E-state index contributed by atoms with van der Waals surface area (Å²) in [5.41, 5.74) is 1.27. The molecule has 0 aliphatic carbocycles. The fourth-order valence-corrected chi connectivity index (χ4v) is 3.27. The summed E-state index contributed by atoms with van der Waals surface area (Å²) in [4.78, 5) is 21.9. The lowest BCUT2D eigenvalue weighted by Crippen LogP contribution is -2.57. The molecule has 6 heteroatoms. The van der Waals surface area contributed by atoms with Crippen LogP contribution in [0.5, 0.6) is 5.75 Å². The van der Waals surface area contributed by atoms with Crippen molar-refractivity contribution in [2.75, 3.05) is 13.1 Å². The number of piperidine rings is 1.